The fourth-order valence-corrected chi connectivity index (χ4v) is 8.41. The van der Waals surface area contributed by atoms with Crippen LogP contribution in [0, 0.1) is 0 Å². The van der Waals surface area contributed by atoms with Gasteiger partial charge in [0.25, 0.3) is 0 Å². The molecule has 52 heavy (non-hydrogen) atoms. The van der Waals surface area contributed by atoms with Crippen molar-refractivity contribution in [3.63, 3.8) is 0 Å². The Morgan fingerprint density at radius 1 is 0.423 bits per heavy atom. The average Bonchev–Trinajstić information content (AvgIpc) is 3.55. The van der Waals surface area contributed by atoms with Crippen LogP contribution in [0.25, 0.3) is 50.0 Å². The van der Waals surface area contributed by atoms with Crippen molar-refractivity contribution in [2.75, 3.05) is 0 Å². The molecule has 2 aliphatic heterocycles. The Labute approximate surface area is 300 Å². The molecule has 1 spiro atoms. The molecular weight excluding hydrogens is 639 g/mol. The first-order valence-electron chi connectivity index (χ1n) is 17.5. The Morgan fingerprint density at radius 3 is 1.75 bits per heavy atom. The van der Waals surface area contributed by atoms with Crippen LogP contribution in [0.15, 0.2) is 176 Å². The lowest BCUT2D eigenvalue weighted by Crippen LogP contribution is -2.36. The zero-order valence-corrected chi connectivity index (χ0v) is 27.9. The molecule has 5 heterocycles. The minimum absolute atomic E-state index is 0.672. The van der Waals surface area contributed by atoms with E-state index in [4.69, 9.17) is 14.5 Å². The Bertz CT molecular complexity index is 2850. The van der Waals surface area contributed by atoms with Crippen molar-refractivity contribution in [3.05, 3.63) is 198 Å². The molecule has 6 aromatic carbocycles. The summed E-state index contributed by atoms with van der Waals surface area (Å²) in [6.45, 7) is 0. The van der Waals surface area contributed by atoms with Gasteiger partial charge in [-0.25, -0.2) is 4.98 Å². The quantitative estimate of drug-likeness (QED) is 0.188. The molecule has 2 aliphatic rings. The van der Waals surface area contributed by atoms with E-state index in [-0.39, 0.29) is 0 Å². The van der Waals surface area contributed by atoms with Gasteiger partial charge in [-0.1, -0.05) is 91.0 Å². The average molecular weight is 668 g/mol. The van der Waals surface area contributed by atoms with Crippen LogP contribution >= 0.6 is 0 Å². The number of aromatic nitrogens is 3. The fraction of sp³-hybridized carbons (Fsp3) is 0.0213. The molecule has 1 unspecified atom stereocenters. The minimum atomic E-state index is -0.672. The van der Waals surface area contributed by atoms with Crippen LogP contribution in [0.5, 0.6) is 23.0 Å². The van der Waals surface area contributed by atoms with Crippen LogP contribution in [0.1, 0.15) is 22.3 Å². The Balaban J connectivity index is 1.13. The molecule has 5 nitrogen and oxygen atoms in total. The van der Waals surface area contributed by atoms with Crippen molar-refractivity contribution < 1.29 is 9.47 Å². The molecule has 11 rings (SSSR count). The Hall–Kier alpha value is -6.98. The lowest BCUT2D eigenvalue weighted by Gasteiger charge is -2.45. The van der Waals surface area contributed by atoms with Crippen molar-refractivity contribution >= 4 is 21.9 Å². The van der Waals surface area contributed by atoms with Crippen LogP contribution in [0.4, 0.5) is 0 Å². The first-order chi connectivity index (χ1) is 25.8. The second kappa shape index (κ2) is 11.0. The second-order valence-electron chi connectivity index (χ2n) is 13.4. The molecule has 0 amide bonds. The van der Waals surface area contributed by atoms with Gasteiger partial charge in [0.05, 0.1) is 16.6 Å². The monoisotopic (exact) mass is 667 g/mol. The summed E-state index contributed by atoms with van der Waals surface area (Å²) >= 11 is 0. The van der Waals surface area contributed by atoms with Crippen LogP contribution in [-0.4, -0.2) is 14.5 Å². The summed E-state index contributed by atoms with van der Waals surface area (Å²) in [4.78, 5) is 9.44. The second-order valence-corrected chi connectivity index (χ2v) is 13.4. The molecule has 0 bridgehead atoms. The highest BCUT2D eigenvalue weighted by Gasteiger charge is 2.50. The molecule has 9 aromatic rings. The number of hydrogen-bond donors (Lipinski definition) is 0. The van der Waals surface area contributed by atoms with Crippen LogP contribution in [-0.2, 0) is 5.41 Å². The maximum absolute atomic E-state index is 6.84. The maximum Gasteiger partial charge on any atom is 0.145 e. The van der Waals surface area contributed by atoms with Gasteiger partial charge in [0, 0.05) is 56.7 Å². The largest absolute Gasteiger partial charge is 0.457 e. The van der Waals surface area contributed by atoms with Crippen LogP contribution in [0.3, 0.4) is 0 Å². The molecule has 0 saturated carbocycles. The third kappa shape index (κ3) is 4.05. The Morgan fingerprint density at radius 2 is 1.02 bits per heavy atom. The summed E-state index contributed by atoms with van der Waals surface area (Å²) in [6, 6.07) is 57.2. The fourth-order valence-electron chi connectivity index (χ4n) is 8.41. The van der Waals surface area contributed by atoms with Gasteiger partial charge in [-0.15, -0.1) is 0 Å². The van der Waals surface area contributed by atoms with E-state index < -0.39 is 5.41 Å². The summed E-state index contributed by atoms with van der Waals surface area (Å²) in [5, 5.41) is 2.27. The number of ether oxygens (including phenoxy) is 2. The standard InChI is InChI=1S/C47H29N3O2/c1-2-11-33(12-3-1)50-41-24-21-30(27-35(41)34-13-10-26-49-46(34)50)31-19-22-38-44(28-31)51-42-17-6-4-14-36(42)47(38)37-15-5-7-18-43(37)52-45-29-32(20-23-39(45)47)40-16-8-9-25-48-40/h1-29H. The highest BCUT2D eigenvalue weighted by Crippen LogP contribution is 2.62. The molecular formula is C47H29N3O2. The molecule has 3 aromatic heterocycles. The van der Waals surface area contributed by atoms with Crippen molar-refractivity contribution in [2.24, 2.45) is 0 Å². The number of benzene rings is 6. The third-order valence-corrected chi connectivity index (χ3v) is 10.6. The van der Waals surface area contributed by atoms with Gasteiger partial charge < -0.3 is 9.47 Å². The first-order valence-corrected chi connectivity index (χ1v) is 17.5. The number of fused-ring (bicyclic) bond motifs is 11. The lowest BCUT2D eigenvalue weighted by atomic mass is 9.62. The van der Waals surface area contributed by atoms with Crippen molar-refractivity contribution in [2.45, 2.75) is 5.41 Å². The summed E-state index contributed by atoms with van der Waals surface area (Å²) in [5.74, 6) is 3.29. The van der Waals surface area contributed by atoms with Gasteiger partial charge >= 0.3 is 0 Å². The molecule has 0 radical (unpaired) electrons. The summed E-state index contributed by atoms with van der Waals surface area (Å²) in [7, 11) is 0. The van der Waals surface area contributed by atoms with E-state index in [2.05, 4.69) is 131 Å². The number of para-hydroxylation sites is 3. The van der Waals surface area contributed by atoms with E-state index in [0.29, 0.717) is 0 Å². The molecule has 0 saturated heterocycles. The van der Waals surface area contributed by atoms with Crippen molar-refractivity contribution in [1.82, 2.24) is 14.5 Å². The first kappa shape index (κ1) is 28.8. The number of nitrogens with zero attached hydrogens (tertiary/aromatic N) is 3. The zero-order valence-electron chi connectivity index (χ0n) is 27.9. The summed E-state index contributed by atoms with van der Waals surface area (Å²) in [6.07, 6.45) is 3.69. The number of rotatable bonds is 3. The molecule has 1 atom stereocenters. The smallest absolute Gasteiger partial charge is 0.145 e. The number of hydrogen-bond acceptors (Lipinski definition) is 4. The van der Waals surface area contributed by atoms with Gasteiger partial charge in [-0.05, 0) is 83.9 Å². The zero-order chi connectivity index (χ0) is 34.2. The molecule has 244 valence electrons. The minimum Gasteiger partial charge on any atom is -0.457 e. The van der Waals surface area contributed by atoms with Crippen LogP contribution < -0.4 is 9.47 Å². The van der Waals surface area contributed by atoms with Crippen LogP contribution in [0.2, 0.25) is 0 Å². The van der Waals surface area contributed by atoms with E-state index in [0.717, 1.165) is 95.3 Å². The topological polar surface area (TPSA) is 49.2 Å². The van der Waals surface area contributed by atoms with Gasteiger partial charge in [0.2, 0.25) is 0 Å². The van der Waals surface area contributed by atoms with Crippen molar-refractivity contribution in [3.8, 4) is 51.1 Å². The third-order valence-electron chi connectivity index (χ3n) is 10.6. The van der Waals surface area contributed by atoms with Gasteiger partial charge in [-0.3, -0.25) is 9.55 Å². The van der Waals surface area contributed by atoms with E-state index in [9.17, 15) is 0 Å². The van der Waals surface area contributed by atoms with Crippen molar-refractivity contribution in [1.29, 1.82) is 0 Å². The van der Waals surface area contributed by atoms with Gasteiger partial charge in [0.15, 0.2) is 0 Å². The highest BCUT2D eigenvalue weighted by molar-refractivity contribution is 6.09. The van der Waals surface area contributed by atoms with Gasteiger partial charge in [-0.2, -0.15) is 0 Å². The number of pyridine rings is 2. The highest BCUT2D eigenvalue weighted by atomic mass is 16.5. The summed E-state index contributed by atoms with van der Waals surface area (Å²) in [5.41, 5.74) is 10.9. The normalized spacial score (nSPS) is 15.3. The van der Waals surface area contributed by atoms with E-state index in [1.54, 1.807) is 0 Å². The summed E-state index contributed by atoms with van der Waals surface area (Å²) < 4.78 is 15.8. The molecule has 0 fully saturated rings. The molecule has 0 N–H and O–H groups in total. The molecule has 5 heteroatoms. The van der Waals surface area contributed by atoms with Gasteiger partial charge in [0.1, 0.15) is 28.6 Å². The van der Waals surface area contributed by atoms with E-state index in [1.165, 1.54) is 0 Å². The predicted molar refractivity (Wildman–Crippen MR) is 206 cm³/mol. The Kier molecular flexibility index (Phi) is 6.10. The van der Waals surface area contributed by atoms with E-state index in [1.807, 2.05) is 54.9 Å². The maximum atomic E-state index is 6.84. The SMILES string of the molecule is c1ccc(-n2c3ccc(-c4ccc5c(c4)Oc4ccccc4C54c5ccccc5Oc5cc(-c6ccccn6)ccc54)cc3c3cccnc32)cc1. The lowest BCUT2D eigenvalue weighted by molar-refractivity contribution is 0.399. The van der Waals surface area contributed by atoms with E-state index >= 15 is 0 Å². The molecule has 0 aliphatic carbocycles. The predicted octanol–water partition coefficient (Wildman–Crippen LogP) is 11.5.